The maximum absolute atomic E-state index is 12.7. The average molecular weight is 787 g/mol. The van der Waals surface area contributed by atoms with Crippen molar-refractivity contribution in [1.29, 1.82) is 0 Å². The maximum atomic E-state index is 12.7. The molecule has 3 heterocycles. The van der Waals surface area contributed by atoms with Crippen molar-refractivity contribution in [2.75, 3.05) is 19.8 Å². The maximum Gasteiger partial charge on any atom is 0.330 e. The molecule has 3 aliphatic heterocycles. The summed E-state index contributed by atoms with van der Waals surface area (Å²) in [5.41, 5.74) is 0.819. The van der Waals surface area contributed by atoms with Gasteiger partial charge in [-0.3, -0.25) is 0 Å². The molecule has 306 valence electrons. The van der Waals surface area contributed by atoms with Gasteiger partial charge in [0.2, 0.25) is 6.29 Å². The number of hydrogen-bond acceptors (Lipinski definition) is 20. The van der Waals surface area contributed by atoms with Crippen molar-refractivity contribution in [2.24, 2.45) is 0 Å². The van der Waals surface area contributed by atoms with Gasteiger partial charge in [0.05, 0.1) is 19.3 Å². The Morgan fingerprint density at radius 1 is 0.709 bits per heavy atom. The van der Waals surface area contributed by atoms with Crippen LogP contribution >= 0.6 is 0 Å². The van der Waals surface area contributed by atoms with Gasteiger partial charge < -0.3 is 94.4 Å². The van der Waals surface area contributed by atoms with E-state index in [9.17, 15) is 66.1 Å². The molecule has 2 aromatic rings. The van der Waals surface area contributed by atoms with E-state index in [1.165, 1.54) is 49.4 Å². The van der Waals surface area contributed by atoms with E-state index in [-0.39, 0.29) is 35.8 Å². The van der Waals surface area contributed by atoms with Crippen molar-refractivity contribution < 1.29 is 99.2 Å². The van der Waals surface area contributed by atoms with E-state index in [1.807, 2.05) is 0 Å². The van der Waals surface area contributed by atoms with E-state index in [1.54, 1.807) is 0 Å². The van der Waals surface area contributed by atoms with Gasteiger partial charge in [-0.15, -0.1) is 0 Å². The minimum absolute atomic E-state index is 0.117. The first kappa shape index (κ1) is 42.4. The van der Waals surface area contributed by atoms with Crippen molar-refractivity contribution in [2.45, 2.75) is 105 Å². The smallest absolute Gasteiger partial charge is 0.330 e. The van der Waals surface area contributed by atoms with Crippen LogP contribution in [0.5, 0.6) is 23.0 Å². The summed E-state index contributed by atoms with van der Waals surface area (Å²) in [7, 11) is 0. The van der Waals surface area contributed by atoms with Gasteiger partial charge in [-0.25, -0.2) is 4.79 Å². The second kappa shape index (κ2) is 18.5. The van der Waals surface area contributed by atoms with E-state index in [0.29, 0.717) is 5.56 Å². The summed E-state index contributed by atoms with van der Waals surface area (Å²) in [6, 6.07) is 7.95. The van der Waals surface area contributed by atoms with Crippen molar-refractivity contribution in [3.8, 4) is 23.0 Å². The molecule has 0 aromatic heterocycles. The predicted octanol–water partition coefficient (Wildman–Crippen LogP) is -3.54. The highest BCUT2D eigenvalue weighted by Gasteiger charge is 2.51. The lowest BCUT2D eigenvalue weighted by atomic mass is 9.97. The quantitative estimate of drug-likeness (QED) is 0.0531. The SMILES string of the molecule is C[C@@H]1O[C@H](O[C@@H]2[C@@H](O)[C@H](OCCc3ccc(O)c(O)c3)O[C@H](COC(=O)/C=C/c3ccc(O[C@@H]4O[C@H](CO)[C@@H](O)[C@H](O)[C@H]4O)c(O)c3)[C@H]2O)[C@H](O)[C@H](O)[C@H]1O. The molecule has 0 spiro atoms. The molecular weight excluding hydrogens is 740 g/mol. The number of carbonyl (C=O) groups excluding carboxylic acids is 1. The lowest BCUT2D eigenvalue weighted by Gasteiger charge is -2.45. The predicted molar refractivity (Wildman–Crippen MR) is 180 cm³/mol. The lowest BCUT2D eigenvalue weighted by molar-refractivity contribution is -0.357. The van der Waals surface area contributed by atoms with Crippen LogP contribution in [-0.2, 0) is 39.6 Å². The minimum atomic E-state index is -1.79. The monoisotopic (exact) mass is 786 g/mol. The Morgan fingerprint density at radius 2 is 1.40 bits per heavy atom. The summed E-state index contributed by atoms with van der Waals surface area (Å²) in [5.74, 6) is -2.29. The number of phenols is 3. The molecule has 5 rings (SSSR count). The van der Waals surface area contributed by atoms with E-state index >= 15 is 0 Å². The zero-order valence-corrected chi connectivity index (χ0v) is 29.2. The number of carbonyl (C=O) groups is 1. The zero-order chi connectivity index (χ0) is 40.1. The molecule has 12 N–H and O–H groups in total. The number of esters is 1. The molecule has 0 aliphatic carbocycles. The number of aliphatic hydroxyl groups excluding tert-OH is 9. The molecule has 0 bridgehead atoms. The molecule has 15 atom stereocenters. The molecule has 0 radical (unpaired) electrons. The molecule has 0 amide bonds. The Hall–Kier alpha value is -3.71. The van der Waals surface area contributed by atoms with Gasteiger partial charge in [0.1, 0.15) is 73.8 Å². The Morgan fingerprint density at radius 3 is 2.09 bits per heavy atom. The van der Waals surface area contributed by atoms with Gasteiger partial charge in [-0.1, -0.05) is 12.1 Å². The summed E-state index contributed by atoms with van der Waals surface area (Å²) in [5, 5.41) is 122. The van der Waals surface area contributed by atoms with Gasteiger partial charge in [0.15, 0.2) is 35.6 Å². The second-order valence-corrected chi connectivity index (χ2v) is 13.3. The van der Waals surface area contributed by atoms with Crippen LogP contribution in [0.4, 0.5) is 0 Å². The van der Waals surface area contributed by atoms with Gasteiger partial charge in [0, 0.05) is 6.08 Å². The van der Waals surface area contributed by atoms with Crippen molar-refractivity contribution >= 4 is 12.0 Å². The molecule has 0 saturated carbocycles. The van der Waals surface area contributed by atoms with Crippen LogP contribution in [0.2, 0.25) is 0 Å². The van der Waals surface area contributed by atoms with Gasteiger partial charge >= 0.3 is 5.97 Å². The number of aliphatic hydroxyl groups is 9. The first-order chi connectivity index (χ1) is 26.1. The van der Waals surface area contributed by atoms with Crippen LogP contribution in [0.3, 0.4) is 0 Å². The first-order valence-electron chi connectivity index (χ1n) is 17.2. The third kappa shape index (κ3) is 10.0. The Bertz CT molecular complexity index is 1610. The number of hydrogen-bond donors (Lipinski definition) is 12. The van der Waals surface area contributed by atoms with Crippen molar-refractivity contribution in [1.82, 2.24) is 0 Å². The van der Waals surface area contributed by atoms with Gasteiger partial charge in [-0.2, -0.15) is 0 Å². The van der Waals surface area contributed by atoms with Crippen LogP contribution < -0.4 is 4.74 Å². The normalized spacial score (nSPS) is 36.8. The number of aromatic hydroxyl groups is 3. The molecule has 3 saturated heterocycles. The summed E-state index contributed by atoms with van der Waals surface area (Å²) >= 11 is 0. The molecule has 0 unspecified atom stereocenters. The zero-order valence-electron chi connectivity index (χ0n) is 29.2. The van der Waals surface area contributed by atoms with Crippen LogP contribution in [0, 0.1) is 0 Å². The molecule has 2 aromatic carbocycles. The highest BCUT2D eigenvalue weighted by atomic mass is 16.7. The highest BCUT2D eigenvalue weighted by Crippen LogP contribution is 2.33. The van der Waals surface area contributed by atoms with Crippen molar-refractivity contribution in [3.63, 3.8) is 0 Å². The number of ether oxygens (including phenoxy) is 7. The largest absolute Gasteiger partial charge is 0.504 e. The lowest BCUT2D eigenvalue weighted by Crippen LogP contribution is -2.64. The van der Waals surface area contributed by atoms with Crippen LogP contribution in [0.25, 0.3) is 6.08 Å². The Labute approximate surface area is 313 Å². The van der Waals surface area contributed by atoms with Crippen LogP contribution in [0.1, 0.15) is 18.1 Å². The van der Waals surface area contributed by atoms with Crippen LogP contribution in [-0.4, -0.2) is 179 Å². The van der Waals surface area contributed by atoms with Gasteiger partial charge in [0.25, 0.3) is 0 Å². The Kier molecular flexibility index (Phi) is 14.3. The second-order valence-electron chi connectivity index (χ2n) is 13.3. The third-order valence-electron chi connectivity index (χ3n) is 9.33. The summed E-state index contributed by atoms with van der Waals surface area (Å²) in [4.78, 5) is 12.7. The van der Waals surface area contributed by atoms with E-state index < -0.39 is 117 Å². The molecular formula is C35H46O20. The fraction of sp³-hybridized carbons (Fsp3) is 0.571. The fourth-order valence-corrected chi connectivity index (χ4v) is 6.04. The van der Waals surface area contributed by atoms with Crippen LogP contribution in [0.15, 0.2) is 42.5 Å². The first-order valence-corrected chi connectivity index (χ1v) is 17.2. The molecule has 20 heteroatoms. The fourth-order valence-electron chi connectivity index (χ4n) is 6.04. The standard InChI is InChI=1S/C35H46O20/c1-14-24(41)27(44)29(46)34(51-14)55-32-26(43)22(54-33(31(32)48)49-9-8-16-2-5-17(37)18(38)10-16)13-50-23(40)7-4-15-3-6-20(19(39)11-15)52-35-30(47)28(45)25(42)21(12-36)53-35/h2-7,10-11,14,21-22,24-39,41-48H,8-9,12-13H2,1H3/b7-4+/t14-,21+,22+,24-,25+,26+,27+,28-,29+,30+,31+,32-,33+,34+,35+/m0/s1. The highest BCUT2D eigenvalue weighted by molar-refractivity contribution is 5.87. The molecule has 55 heavy (non-hydrogen) atoms. The van der Waals surface area contributed by atoms with E-state index in [2.05, 4.69) is 0 Å². The Balaban J connectivity index is 1.22. The van der Waals surface area contributed by atoms with E-state index in [4.69, 9.17) is 33.2 Å². The van der Waals surface area contributed by atoms with E-state index in [0.717, 1.165) is 6.08 Å². The molecule has 20 nitrogen and oxygen atoms in total. The minimum Gasteiger partial charge on any atom is -0.504 e. The number of rotatable bonds is 13. The van der Waals surface area contributed by atoms with Crippen molar-refractivity contribution in [3.05, 3.63) is 53.6 Å². The molecule has 3 fully saturated rings. The van der Waals surface area contributed by atoms with Gasteiger partial charge in [-0.05, 0) is 54.8 Å². The summed E-state index contributed by atoms with van der Waals surface area (Å²) in [6.45, 7) is -0.0134. The molecule has 3 aliphatic rings. The summed E-state index contributed by atoms with van der Waals surface area (Å²) < 4.78 is 38.6. The summed E-state index contributed by atoms with van der Waals surface area (Å²) in [6.07, 6.45) is -21.0. The third-order valence-corrected chi connectivity index (χ3v) is 9.33. The topological polar surface area (TPSA) is 324 Å². The number of phenolic OH excluding ortho intramolecular Hbond substituents is 3. The average Bonchev–Trinajstić information content (AvgIpc) is 3.16. The number of benzene rings is 2.